The van der Waals surface area contributed by atoms with Crippen LogP contribution in [-0.2, 0) is 24.3 Å². The van der Waals surface area contributed by atoms with Crippen LogP contribution in [0.2, 0.25) is 5.02 Å². The summed E-state index contributed by atoms with van der Waals surface area (Å²) in [6.45, 7) is 1.64. The fraction of sp³-hybridized carbons (Fsp3) is 0.286. The summed E-state index contributed by atoms with van der Waals surface area (Å²) < 4.78 is 35.5. The van der Waals surface area contributed by atoms with Crippen molar-refractivity contribution in [1.29, 1.82) is 0 Å². The van der Waals surface area contributed by atoms with Gasteiger partial charge in [0.1, 0.15) is 6.04 Å². The van der Waals surface area contributed by atoms with Crippen LogP contribution in [0.5, 0.6) is 0 Å². The standard InChI is InChI=1S/C21H23ClN2O7S/c1-5-18(24(32(4,28)29)15-8-6-7-14(22)12-15)19(25)23-17-11-13(20(26)30-2)9-10-16(17)21(27)31-3/h6-12,18H,5H2,1-4H3,(H,23,25). The van der Waals surface area contributed by atoms with Gasteiger partial charge in [0.15, 0.2) is 0 Å². The molecule has 0 bridgehead atoms. The number of sulfonamides is 1. The number of halogens is 1. The Kier molecular flexibility index (Phi) is 8.23. The fourth-order valence-corrected chi connectivity index (χ4v) is 4.46. The first-order chi connectivity index (χ1) is 15.0. The number of hydrogen-bond donors (Lipinski definition) is 1. The van der Waals surface area contributed by atoms with Crippen LogP contribution >= 0.6 is 11.6 Å². The van der Waals surface area contributed by atoms with Gasteiger partial charge < -0.3 is 14.8 Å². The molecule has 2 rings (SSSR count). The van der Waals surface area contributed by atoms with E-state index in [4.69, 9.17) is 16.3 Å². The number of hydrogen-bond acceptors (Lipinski definition) is 7. The van der Waals surface area contributed by atoms with Gasteiger partial charge in [0.25, 0.3) is 0 Å². The number of methoxy groups -OCH3 is 2. The summed E-state index contributed by atoms with van der Waals surface area (Å²) in [4.78, 5) is 37.2. The maximum absolute atomic E-state index is 13.2. The third-order valence-electron chi connectivity index (χ3n) is 4.50. The van der Waals surface area contributed by atoms with Crippen molar-refractivity contribution < 1.29 is 32.3 Å². The average Bonchev–Trinajstić information content (AvgIpc) is 2.75. The maximum atomic E-state index is 13.2. The lowest BCUT2D eigenvalue weighted by Gasteiger charge is -2.30. The number of esters is 2. The van der Waals surface area contributed by atoms with Crippen molar-refractivity contribution in [3.63, 3.8) is 0 Å². The van der Waals surface area contributed by atoms with Gasteiger partial charge >= 0.3 is 11.9 Å². The Morgan fingerprint density at radius 1 is 1.06 bits per heavy atom. The topological polar surface area (TPSA) is 119 Å². The Morgan fingerprint density at radius 2 is 1.72 bits per heavy atom. The number of ether oxygens (including phenoxy) is 2. The van der Waals surface area contributed by atoms with Crippen LogP contribution in [0.3, 0.4) is 0 Å². The van der Waals surface area contributed by atoms with Crippen LogP contribution in [0.25, 0.3) is 0 Å². The Bertz CT molecular complexity index is 1130. The Morgan fingerprint density at radius 3 is 2.25 bits per heavy atom. The molecule has 9 nitrogen and oxygen atoms in total. The molecule has 0 spiro atoms. The van der Waals surface area contributed by atoms with E-state index in [0.29, 0.717) is 5.02 Å². The van der Waals surface area contributed by atoms with Crippen LogP contribution < -0.4 is 9.62 Å². The van der Waals surface area contributed by atoms with E-state index < -0.39 is 33.9 Å². The minimum Gasteiger partial charge on any atom is -0.465 e. The summed E-state index contributed by atoms with van der Waals surface area (Å²) in [5.41, 5.74) is 0.247. The van der Waals surface area contributed by atoms with Crippen molar-refractivity contribution in [2.75, 3.05) is 30.1 Å². The molecule has 2 aromatic carbocycles. The van der Waals surface area contributed by atoms with Gasteiger partial charge in [-0.3, -0.25) is 9.10 Å². The highest BCUT2D eigenvalue weighted by Gasteiger charge is 2.32. The van der Waals surface area contributed by atoms with E-state index in [1.165, 1.54) is 44.6 Å². The molecule has 11 heteroatoms. The van der Waals surface area contributed by atoms with Crippen molar-refractivity contribution >= 4 is 50.8 Å². The van der Waals surface area contributed by atoms with E-state index in [2.05, 4.69) is 10.1 Å². The lowest BCUT2D eigenvalue weighted by atomic mass is 10.1. The van der Waals surface area contributed by atoms with Crippen molar-refractivity contribution in [2.45, 2.75) is 19.4 Å². The highest BCUT2D eigenvalue weighted by molar-refractivity contribution is 7.92. The van der Waals surface area contributed by atoms with E-state index in [-0.39, 0.29) is 28.9 Å². The molecule has 0 saturated heterocycles. The van der Waals surface area contributed by atoms with E-state index >= 15 is 0 Å². The van der Waals surface area contributed by atoms with E-state index in [1.54, 1.807) is 19.1 Å². The van der Waals surface area contributed by atoms with Crippen LogP contribution in [0.1, 0.15) is 34.1 Å². The first-order valence-electron chi connectivity index (χ1n) is 9.40. The van der Waals surface area contributed by atoms with Gasteiger partial charge in [0, 0.05) is 5.02 Å². The largest absolute Gasteiger partial charge is 0.465 e. The highest BCUT2D eigenvalue weighted by atomic mass is 35.5. The van der Waals surface area contributed by atoms with Crippen LogP contribution in [0.15, 0.2) is 42.5 Å². The Hall–Kier alpha value is -3.11. The van der Waals surface area contributed by atoms with E-state index in [1.807, 2.05) is 0 Å². The molecule has 0 aromatic heterocycles. The molecule has 1 atom stereocenters. The van der Waals surface area contributed by atoms with Crippen molar-refractivity contribution in [1.82, 2.24) is 0 Å². The molecule has 0 aliphatic carbocycles. The van der Waals surface area contributed by atoms with Crippen molar-refractivity contribution in [3.05, 3.63) is 58.6 Å². The number of carbonyl (C=O) groups excluding carboxylic acids is 3. The van der Waals surface area contributed by atoms with Gasteiger partial charge in [-0.05, 0) is 42.8 Å². The molecule has 1 N–H and O–H groups in total. The molecule has 0 radical (unpaired) electrons. The summed E-state index contributed by atoms with van der Waals surface area (Å²) in [5, 5.41) is 2.84. The van der Waals surface area contributed by atoms with Crippen LogP contribution in [0, 0.1) is 0 Å². The average molecular weight is 483 g/mol. The van der Waals surface area contributed by atoms with Gasteiger partial charge in [-0.1, -0.05) is 24.6 Å². The first kappa shape index (κ1) is 25.2. The quantitative estimate of drug-likeness (QED) is 0.574. The normalized spacial score (nSPS) is 11.9. The van der Waals surface area contributed by atoms with Crippen LogP contribution in [0.4, 0.5) is 11.4 Å². The number of carbonyl (C=O) groups is 3. The third-order valence-corrected chi connectivity index (χ3v) is 5.91. The number of benzene rings is 2. The molecule has 1 unspecified atom stereocenters. The molecular formula is C21H23ClN2O7S. The Labute approximate surface area is 191 Å². The van der Waals surface area contributed by atoms with Gasteiger partial charge in [-0.15, -0.1) is 0 Å². The number of amides is 1. The molecule has 32 heavy (non-hydrogen) atoms. The molecule has 0 saturated carbocycles. The maximum Gasteiger partial charge on any atom is 0.339 e. The van der Waals surface area contributed by atoms with Gasteiger partial charge in [-0.2, -0.15) is 0 Å². The molecule has 0 aliphatic heterocycles. The SMILES string of the molecule is CCC(C(=O)Nc1cc(C(=O)OC)ccc1C(=O)OC)N(c1cccc(Cl)c1)S(C)(=O)=O. The minimum atomic E-state index is -3.89. The third kappa shape index (κ3) is 5.77. The summed E-state index contributed by atoms with van der Waals surface area (Å²) in [7, 11) is -1.53. The minimum absolute atomic E-state index is 0.0167. The fourth-order valence-electron chi connectivity index (χ4n) is 3.07. The monoisotopic (exact) mass is 482 g/mol. The molecule has 2 aromatic rings. The van der Waals surface area contributed by atoms with E-state index in [9.17, 15) is 22.8 Å². The predicted octanol–water partition coefficient (Wildman–Crippen LogP) is 3.10. The lowest BCUT2D eigenvalue weighted by Crippen LogP contribution is -2.47. The molecular weight excluding hydrogens is 460 g/mol. The summed E-state index contributed by atoms with van der Waals surface area (Å²) in [6, 6.07) is 8.82. The van der Waals surface area contributed by atoms with E-state index in [0.717, 1.165) is 10.6 Å². The van der Waals surface area contributed by atoms with Crippen molar-refractivity contribution in [2.24, 2.45) is 0 Å². The zero-order chi connectivity index (χ0) is 24.1. The number of rotatable bonds is 8. The van der Waals surface area contributed by atoms with Gasteiger partial charge in [0.2, 0.25) is 15.9 Å². The zero-order valence-electron chi connectivity index (χ0n) is 17.9. The first-order valence-corrected chi connectivity index (χ1v) is 11.6. The van der Waals surface area contributed by atoms with Gasteiger partial charge in [0.05, 0.1) is 43.0 Å². The predicted molar refractivity (Wildman–Crippen MR) is 121 cm³/mol. The molecule has 0 aliphatic rings. The summed E-state index contributed by atoms with van der Waals surface area (Å²) in [6.07, 6.45) is 1.08. The molecule has 0 fully saturated rings. The second kappa shape index (κ2) is 10.5. The lowest BCUT2D eigenvalue weighted by molar-refractivity contribution is -0.117. The highest BCUT2D eigenvalue weighted by Crippen LogP contribution is 2.27. The molecule has 1 amide bonds. The molecule has 172 valence electrons. The second-order valence-electron chi connectivity index (χ2n) is 6.70. The smallest absolute Gasteiger partial charge is 0.339 e. The number of anilines is 2. The van der Waals surface area contributed by atoms with Gasteiger partial charge in [-0.25, -0.2) is 18.0 Å². The second-order valence-corrected chi connectivity index (χ2v) is 8.99. The van der Waals surface area contributed by atoms with Crippen molar-refractivity contribution in [3.8, 4) is 0 Å². The van der Waals surface area contributed by atoms with Crippen LogP contribution in [-0.4, -0.2) is 52.8 Å². The number of nitrogens with one attached hydrogen (secondary N) is 1. The summed E-state index contributed by atoms with van der Waals surface area (Å²) in [5.74, 6) is -2.15. The zero-order valence-corrected chi connectivity index (χ0v) is 19.5. The molecule has 0 heterocycles. The summed E-state index contributed by atoms with van der Waals surface area (Å²) >= 11 is 6.01. The number of nitrogens with zero attached hydrogens (tertiary/aromatic N) is 1. The Balaban J connectivity index is 2.52.